The summed E-state index contributed by atoms with van der Waals surface area (Å²) >= 11 is 0. The highest BCUT2D eigenvalue weighted by Gasteiger charge is 2.29. The fourth-order valence-corrected chi connectivity index (χ4v) is 3.52. The molecular weight excluding hydrogens is 342 g/mol. The van der Waals surface area contributed by atoms with E-state index >= 15 is 0 Å². The van der Waals surface area contributed by atoms with Crippen LogP contribution in [0.5, 0.6) is 0 Å². The second kappa shape index (κ2) is 7.19. The Bertz CT molecular complexity index is 1010. The summed E-state index contributed by atoms with van der Waals surface area (Å²) in [4.78, 5) is 26.2. The Balaban J connectivity index is 1.49. The number of aryl methyl sites for hydroxylation is 1. The van der Waals surface area contributed by atoms with Gasteiger partial charge in [-0.25, -0.2) is 0 Å². The molecule has 1 aliphatic rings. The number of nitrogens with zero attached hydrogens (tertiary/aromatic N) is 5. The number of hydrogen-bond donors (Lipinski definition) is 0. The number of carbonyl (C=O) groups excluding carboxylic acids is 1. The molecule has 1 aliphatic heterocycles. The molecule has 1 aromatic carbocycles. The van der Waals surface area contributed by atoms with Crippen LogP contribution in [-0.2, 0) is 17.9 Å². The van der Waals surface area contributed by atoms with Gasteiger partial charge in [-0.2, -0.15) is 0 Å². The molecule has 1 amide bonds. The quantitative estimate of drug-likeness (QED) is 0.712. The van der Waals surface area contributed by atoms with Crippen molar-refractivity contribution in [1.82, 2.24) is 24.2 Å². The average molecular weight is 363 g/mol. The Labute approximate surface area is 156 Å². The average Bonchev–Trinajstić information content (AvgIpc) is 3.12. The van der Waals surface area contributed by atoms with Gasteiger partial charge in [0.1, 0.15) is 0 Å². The number of benzene rings is 1. The van der Waals surface area contributed by atoms with Crippen LogP contribution >= 0.6 is 0 Å². The lowest BCUT2D eigenvalue weighted by Gasteiger charge is -2.32. The van der Waals surface area contributed by atoms with Crippen molar-refractivity contribution in [2.75, 3.05) is 6.54 Å². The normalized spacial score (nSPS) is 16.2. The molecule has 27 heavy (non-hydrogen) atoms. The molecule has 2 aromatic heterocycles. The third kappa shape index (κ3) is 3.40. The van der Waals surface area contributed by atoms with Crippen LogP contribution in [0.2, 0.25) is 0 Å². The zero-order valence-electron chi connectivity index (χ0n) is 15.2. The van der Waals surface area contributed by atoms with Crippen molar-refractivity contribution in [2.45, 2.75) is 32.5 Å². The lowest BCUT2D eigenvalue weighted by molar-refractivity contribution is -0.133. The summed E-state index contributed by atoms with van der Waals surface area (Å²) in [6, 6.07) is 15.0. The van der Waals surface area contributed by atoms with Gasteiger partial charge < -0.3 is 14.0 Å². The molecule has 3 aromatic rings. The SMILES string of the molecule is C[C@H]1CN(C(=O)CCn2ccccc2=O)Cc2nnc(-c3ccccc3)n21. The first-order chi connectivity index (χ1) is 13.1. The molecule has 1 atom stereocenters. The Morgan fingerprint density at radius 2 is 1.89 bits per heavy atom. The van der Waals surface area contributed by atoms with E-state index in [-0.39, 0.29) is 23.9 Å². The highest BCUT2D eigenvalue weighted by molar-refractivity contribution is 5.76. The van der Waals surface area contributed by atoms with Gasteiger partial charge in [0.05, 0.1) is 12.6 Å². The minimum atomic E-state index is -0.0930. The number of fused-ring (bicyclic) bond motifs is 1. The van der Waals surface area contributed by atoms with Crippen LogP contribution in [-0.4, -0.2) is 36.7 Å². The van der Waals surface area contributed by atoms with Crippen molar-refractivity contribution < 1.29 is 4.79 Å². The summed E-state index contributed by atoms with van der Waals surface area (Å²) in [5, 5.41) is 8.66. The number of pyridine rings is 1. The molecule has 0 N–H and O–H groups in total. The van der Waals surface area contributed by atoms with E-state index in [1.807, 2.05) is 30.3 Å². The summed E-state index contributed by atoms with van der Waals surface area (Å²) in [7, 11) is 0. The minimum Gasteiger partial charge on any atom is -0.333 e. The van der Waals surface area contributed by atoms with Gasteiger partial charge in [0.15, 0.2) is 11.6 Å². The van der Waals surface area contributed by atoms with Gasteiger partial charge in [-0.05, 0) is 13.0 Å². The predicted molar refractivity (Wildman–Crippen MR) is 101 cm³/mol. The van der Waals surface area contributed by atoms with Crippen molar-refractivity contribution in [1.29, 1.82) is 0 Å². The van der Waals surface area contributed by atoms with Crippen molar-refractivity contribution in [2.24, 2.45) is 0 Å². The number of rotatable bonds is 4. The second-order valence-corrected chi connectivity index (χ2v) is 6.78. The summed E-state index contributed by atoms with van der Waals surface area (Å²) in [6.07, 6.45) is 1.99. The van der Waals surface area contributed by atoms with Crippen molar-refractivity contribution in [3.8, 4) is 11.4 Å². The Morgan fingerprint density at radius 1 is 1.11 bits per heavy atom. The van der Waals surface area contributed by atoms with E-state index in [0.717, 1.165) is 17.2 Å². The van der Waals surface area contributed by atoms with Crippen LogP contribution in [0.1, 0.15) is 25.2 Å². The molecule has 0 spiro atoms. The molecule has 3 heterocycles. The van der Waals surface area contributed by atoms with E-state index in [4.69, 9.17) is 0 Å². The van der Waals surface area contributed by atoms with Crippen LogP contribution in [0.4, 0.5) is 0 Å². The number of hydrogen-bond acceptors (Lipinski definition) is 4. The third-order valence-electron chi connectivity index (χ3n) is 4.87. The van der Waals surface area contributed by atoms with Gasteiger partial charge >= 0.3 is 0 Å². The molecule has 0 saturated heterocycles. The Morgan fingerprint density at radius 3 is 2.67 bits per heavy atom. The van der Waals surface area contributed by atoms with Gasteiger partial charge in [0.2, 0.25) is 5.91 Å². The smallest absolute Gasteiger partial charge is 0.250 e. The molecule has 138 valence electrons. The second-order valence-electron chi connectivity index (χ2n) is 6.78. The molecule has 0 fully saturated rings. The summed E-state index contributed by atoms with van der Waals surface area (Å²) in [5.74, 6) is 1.65. The maximum absolute atomic E-state index is 12.7. The van der Waals surface area contributed by atoms with Crippen LogP contribution in [0.15, 0.2) is 59.5 Å². The van der Waals surface area contributed by atoms with Crippen molar-refractivity contribution >= 4 is 5.91 Å². The first-order valence-electron chi connectivity index (χ1n) is 9.06. The van der Waals surface area contributed by atoms with E-state index in [1.54, 1.807) is 27.8 Å². The Hall–Kier alpha value is -3.22. The van der Waals surface area contributed by atoms with E-state index in [0.29, 0.717) is 19.6 Å². The minimum absolute atomic E-state index is 0.0214. The highest BCUT2D eigenvalue weighted by Crippen LogP contribution is 2.27. The van der Waals surface area contributed by atoms with Crippen LogP contribution < -0.4 is 5.56 Å². The Kier molecular flexibility index (Phi) is 4.58. The maximum atomic E-state index is 12.7. The first kappa shape index (κ1) is 17.2. The molecule has 0 radical (unpaired) electrons. The molecule has 7 nitrogen and oxygen atoms in total. The van der Waals surface area contributed by atoms with Crippen LogP contribution in [0, 0.1) is 0 Å². The summed E-state index contributed by atoms with van der Waals surface area (Å²) in [6.45, 7) is 3.49. The largest absolute Gasteiger partial charge is 0.333 e. The van der Waals surface area contributed by atoms with Crippen LogP contribution in [0.25, 0.3) is 11.4 Å². The maximum Gasteiger partial charge on any atom is 0.250 e. The number of carbonyl (C=O) groups is 1. The topological polar surface area (TPSA) is 73.0 Å². The lowest BCUT2D eigenvalue weighted by atomic mass is 10.1. The highest BCUT2D eigenvalue weighted by atomic mass is 16.2. The summed E-state index contributed by atoms with van der Waals surface area (Å²) < 4.78 is 3.67. The van der Waals surface area contributed by atoms with Gasteiger partial charge in [-0.3, -0.25) is 9.59 Å². The van der Waals surface area contributed by atoms with Gasteiger partial charge in [0, 0.05) is 37.3 Å². The molecule has 0 aliphatic carbocycles. The molecule has 0 unspecified atom stereocenters. The van der Waals surface area contributed by atoms with E-state index in [9.17, 15) is 9.59 Å². The van der Waals surface area contributed by atoms with Gasteiger partial charge in [0.25, 0.3) is 5.56 Å². The van der Waals surface area contributed by atoms with Gasteiger partial charge in [-0.15, -0.1) is 10.2 Å². The fourth-order valence-electron chi connectivity index (χ4n) is 3.52. The number of aromatic nitrogens is 4. The van der Waals surface area contributed by atoms with Gasteiger partial charge in [-0.1, -0.05) is 36.4 Å². The zero-order valence-corrected chi connectivity index (χ0v) is 15.2. The lowest BCUT2D eigenvalue weighted by Crippen LogP contribution is -2.41. The monoisotopic (exact) mass is 363 g/mol. The van der Waals surface area contributed by atoms with Crippen molar-refractivity contribution in [3.05, 3.63) is 70.9 Å². The first-order valence-corrected chi connectivity index (χ1v) is 9.06. The zero-order chi connectivity index (χ0) is 18.8. The standard InChI is InChI=1S/C20H21N5O2/c1-15-13-24(19(27)10-12-23-11-6-5-9-18(23)26)14-17-21-22-20(25(15)17)16-7-3-2-4-8-16/h2-9,11,15H,10,12-14H2,1H3/t15-/m0/s1. The molecule has 0 bridgehead atoms. The number of amides is 1. The van der Waals surface area contributed by atoms with E-state index in [2.05, 4.69) is 21.7 Å². The summed E-state index contributed by atoms with van der Waals surface area (Å²) in [5.41, 5.74) is 0.927. The van der Waals surface area contributed by atoms with E-state index in [1.165, 1.54) is 6.07 Å². The van der Waals surface area contributed by atoms with Crippen molar-refractivity contribution in [3.63, 3.8) is 0 Å². The van der Waals surface area contributed by atoms with Crippen LogP contribution in [0.3, 0.4) is 0 Å². The molecule has 7 heteroatoms. The fraction of sp³-hybridized carbons (Fsp3) is 0.300. The third-order valence-corrected chi connectivity index (χ3v) is 4.87. The molecular formula is C20H21N5O2. The van der Waals surface area contributed by atoms with E-state index < -0.39 is 0 Å². The molecule has 4 rings (SSSR count). The molecule has 0 saturated carbocycles. The predicted octanol–water partition coefficient (Wildman–Crippen LogP) is 2.10.